The Balaban J connectivity index is 1.66. The van der Waals surface area contributed by atoms with Gasteiger partial charge in [-0.3, -0.25) is 4.90 Å². The van der Waals surface area contributed by atoms with Crippen LogP contribution in [0.25, 0.3) is 0 Å². The number of hydrogen-bond donors (Lipinski definition) is 1. The fourth-order valence-electron chi connectivity index (χ4n) is 4.64. The minimum Gasteiger partial charge on any atom is -0.385 e. The second-order valence-corrected chi connectivity index (χ2v) is 8.33. The van der Waals surface area contributed by atoms with Crippen LogP contribution in [-0.2, 0) is 4.74 Å². The molecule has 3 fully saturated rings. The Morgan fingerprint density at radius 3 is 2.48 bits per heavy atom. The summed E-state index contributed by atoms with van der Waals surface area (Å²) in [4.78, 5) is 2.86. The minimum atomic E-state index is 0.447. The Labute approximate surface area is 130 Å². The Morgan fingerprint density at radius 2 is 1.90 bits per heavy atom. The van der Waals surface area contributed by atoms with E-state index in [4.69, 9.17) is 4.74 Å². The summed E-state index contributed by atoms with van der Waals surface area (Å²) in [6.45, 7) is 9.50. The maximum atomic E-state index is 5.34. The highest BCUT2D eigenvalue weighted by atomic mass is 16.5. The van der Waals surface area contributed by atoms with Crippen molar-refractivity contribution in [2.45, 2.75) is 70.4 Å². The molecule has 1 aliphatic heterocycles. The van der Waals surface area contributed by atoms with E-state index < -0.39 is 0 Å². The molecular weight excluding hydrogens is 260 g/mol. The summed E-state index contributed by atoms with van der Waals surface area (Å²) in [5, 5.41) is 3.94. The number of methoxy groups -OCH3 is 1. The first kappa shape index (κ1) is 15.8. The molecule has 122 valence electrons. The maximum absolute atomic E-state index is 5.34. The van der Waals surface area contributed by atoms with Gasteiger partial charge in [0.1, 0.15) is 0 Å². The number of nitrogens with zero attached hydrogens (tertiary/aromatic N) is 1. The lowest BCUT2D eigenvalue weighted by Crippen LogP contribution is -2.65. The summed E-state index contributed by atoms with van der Waals surface area (Å²) in [5.74, 6) is 0.745. The maximum Gasteiger partial charge on any atom is 0.0468 e. The van der Waals surface area contributed by atoms with E-state index in [1.165, 1.54) is 64.6 Å². The number of piperazine rings is 1. The van der Waals surface area contributed by atoms with E-state index in [0.717, 1.165) is 18.6 Å². The number of hydrogen-bond acceptors (Lipinski definition) is 3. The number of ether oxygens (including phenoxy) is 1. The third-order valence-corrected chi connectivity index (χ3v) is 6.32. The fraction of sp³-hybridized carbons (Fsp3) is 1.00. The van der Waals surface area contributed by atoms with E-state index in [9.17, 15) is 0 Å². The lowest BCUT2D eigenvalue weighted by Gasteiger charge is -2.49. The molecule has 1 spiro atoms. The molecule has 1 unspecified atom stereocenters. The molecule has 1 heterocycles. The molecule has 3 heteroatoms. The standard InChI is InChI=1S/C18H34N2O/c1-15(2)16-12-19-18(6-4-5-7-18)14-20(16)13-17(8-9-17)10-11-21-3/h15-16,19H,4-14H2,1-3H3. The zero-order chi connectivity index (χ0) is 14.9. The van der Waals surface area contributed by atoms with Crippen LogP contribution in [0.2, 0.25) is 0 Å². The predicted molar refractivity (Wildman–Crippen MR) is 87.6 cm³/mol. The molecule has 0 aromatic rings. The molecule has 2 saturated carbocycles. The molecule has 0 amide bonds. The normalized spacial score (nSPS) is 31.1. The molecular formula is C18H34N2O. The SMILES string of the molecule is COCCC1(CN2CC3(CCCC3)NCC2C(C)C)CC1. The van der Waals surface area contributed by atoms with Crippen LogP contribution in [0.3, 0.4) is 0 Å². The van der Waals surface area contributed by atoms with Gasteiger partial charge >= 0.3 is 0 Å². The summed E-state index contributed by atoms with van der Waals surface area (Å²) < 4.78 is 5.34. The molecule has 3 nitrogen and oxygen atoms in total. The van der Waals surface area contributed by atoms with Crippen LogP contribution in [0.5, 0.6) is 0 Å². The second kappa shape index (κ2) is 6.17. The Kier molecular flexibility index (Phi) is 4.63. The van der Waals surface area contributed by atoms with Crippen molar-refractivity contribution in [2.24, 2.45) is 11.3 Å². The van der Waals surface area contributed by atoms with Gasteiger partial charge < -0.3 is 10.1 Å². The van der Waals surface area contributed by atoms with Gasteiger partial charge in [-0.25, -0.2) is 0 Å². The van der Waals surface area contributed by atoms with Crippen LogP contribution < -0.4 is 5.32 Å². The predicted octanol–water partition coefficient (Wildman–Crippen LogP) is 3.05. The van der Waals surface area contributed by atoms with E-state index in [-0.39, 0.29) is 0 Å². The highest BCUT2D eigenvalue weighted by molar-refractivity contribution is 5.04. The molecule has 0 aromatic carbocycles. The highest BCUT2D eigenvalue weighted by Crippen LogP contribution is 2.50. The van der Waals surface area contributed by atoms with Gasteiger partial charge in [0.2, 0.25) is 0 Å². The van der Waals surface area contributed by atoms with Gasteiger partial charge in [0.05, 0.1) is 0 Å². The van der Waals surface area contributed by atoms with E-state index in [0.29, 0.717) is 11.0 Å². The van der Waals surface area contributed by atoms with Crippen molar-refractivity contribution in [2.75, 3.05) is 33.4 Å². The molecule has 3 aliphatic rings. The van der Waals surface area contributed by atoms with Crippen LogP contribution in [0.15, 0.2) is 0 Å². The topological polar surface area (TPSA) is 24.5 Å². The third-order valence-electron chi connectivity index (χ3n) is 6.32. The van der Waals surface area contributed by atoms with Gasteiger partial charge in [0.25, 0.3) is 0 Å². The monoisotopic (exact) mass is 294 g/mol. The van der Waals surface area contributed by atoms with Gasteiger partial charge in [-0.1, -0.05) is 26.7 Å². The van der Waals surface area contributed by atoms with Crippen LogP contribution in [-0.4, -0.2) is 49.8 Å². The van der Waals surface area contributed by atoms with Crippen molar-refractivity contribution in [1.29, 1.82) is 0 Å². The minimum absolute atomic E-state index is 0.447. The molecule has 1 atom stereocenters. The summed E-state index contributed by atoms with van der Waals surface area (Å²) in [7, 11) is 1.84. The summed E-state index contributed by atoms with van der Waals surface area (Å²) in [6.07, 6.45) is 9.70. The average molecular weight is 294 g/mol. The lowest BCUT2D eigenvalue weighted by atomic mass is 9.87. The first-order chi connectivity index (χ1) is 10.1. The van der Waals surface area contributed by atoms with Crippen LogP contribution in [0.1, 0.15) is 58.8 Å². The van der Waals surface area contributed by atoms with Crippen molar-refractivity contribution in [3.05, 3.63) is 0 Å². The van der Waals surface area contributed by atoms with Crippen LogP contribution in [0, 0.1) is 11.3 Å². The largest absolute Gasteiger partial charge is 0.385 e. The Morgan fingerprint density at radius 1 is 1.19 bits per heavy atom. The number of nitrogens with one attached hydrogen (secondary N) is 1. The van der Waals surface area contributed by atoms with Gasteiger partial charge in [-0.05, 0) is 43.4 Å². The molecule has 1 N–H and O–H groups in total. The van der Waals surface area contributed by atoms with E-state index in [1.807, 2.05) is 7.11 Å². The quantitative estimate of drug-likeness (QED) is 0.815. The molecule has 1 saturated heterocycles. The second-order valence-electron chi connectivity index (χ2n) is 8.33. The summed E-state index contributed by atoms with van der Waals surface area (Å²) in [6, 6.07) is 0.719. The summed E-state index contributed by atoms with van der Waals surface area (Å²) >= 11 is 0. The average Bonchev–Trinajstić information content (AvgIpc) is 3.07. The highest BCUT2D eigenvalue weighted by Gasteiger charge is 2.48. The molecule has 2 aliphatic carbocycles. The van der Waals surface area contributed by atoms with Gasteiger partial charge in [-0.2, -0.15) is 0 Å². The Bertz CT molecular complexity index is 345. The van der Waals surface area contributed by atoms with Crippen molar-refractivity contribution in [3.8, 4) is 0 Å². The lowest BCUT2D eigenvalue weighted by molar-refractivity contribution is 0.0345. The fourth-order valence-corrected chi connectivity index (χ4v) is 4.64. The van der Waals surface area contributed by atoms with Crippen LogP contribution in [0.4, 0.5) is 0 Å². The Hall–Kier alpha value is -0.120. The molecule has 0 bridgehead atoms. The van der Waals surface area contributed by atoms with Crippen LogP contribution >= 0.6 is 0 Å². The smallest absolute Gasteiger partial charge is 0.0468 e. The molecule has 0 aromatic heterocycles. The summed E-state index contributed by atoms with van der Waals surface area (Å²) in [5.41, 5.74) is 1.03. The van der Waals surface area contributed by atoms with E-state index >= 15 is 0 Å². The number of rotatable bonds is 6. The van der Waals surface area contributed by atoms with E-state index in [1.54, 1.807) is 0 Å². The van der Waals surface area contributed by atoms with Gasteiger partial charge in [0, 0.05) is 44.9 Å². The van der Waals surface area contributed by atoms with Gasteiger partial charge in [-0.15, -0.1) is 0 Å². The molecule has 0 radical (unpaired) electrons. The third kappa shape index (κ3) is 3.46. The first-order valence-electron chi connectivity index (χ1n) is 9.06. The molecule has 21 heavy (non-hydrogen) atoms. The van der Waals surface area contributed by atoms with Crippen molar-refractivity contribution in [3.63, 3.8) is 0 Å². The van der Waals surface area contributed by atoms with Gasteiger partial charge in [0.15, 0.2) is 0 Å². The van der Waals surface area contributed by atoms with Crippen molar-refractivity contribution >= 4 is 0 Å². The molecule has 3 rings (SSSR count). The zero-order valence-electron chi connectivity index (χ0n) is 14.3. The van der Waals surface area contributed by atoms with Crippen molar-refractivity contribution in [1.82, 2.24) is 10.2 Å². The zero-order valence-corrected chi connectivity index (χ0v) is 14.3. The van der Waals surface area contributed by atoms with E-state index in [2.05, 4.69) is 24.1 Å². The van der Waals surface area contributed by atoms with Crippen molar-refractivity contribution < 1.29 is 4.74 Å². The first-order valence-corrected chi connectivity index (χ1v) is 9.06.